The van der Waals surface area contributed by atoms with Gasteiger partial charge >= 0.3 is 0 Å². The maximum absolute atomic E-state index is 5.58. The van der Waals surface area contributed by atoms with Gasteiger partial charge in [0.1, 0.15) is 5.75 Å². The summed E-state index contributed by atoms with van der Waals surface area (Å²) in [5.74, 6) is 1.06. The molecule has 0 saturated heterocycles. The Hall–Kier alpha value is -1.10. The number of hydrogen-bond acceptors (Lipinski definition) is 4. The van der Waals surface area contributed by atoms with Gasteiger partial charge < -0.3 is 19.5 Å². The Kier molecular flexibility index (Phi) is 6.30. The number of benzene rings is 1. The average Bonchev–Trinajstić information content (AvgIpc) is 2.94. The molecule has 1 N–H and O–H groups in total. The zero-order chi connectivity index (χ0) is 14.2. The molecule has 112 valence electrons. The van der Waals surface area contributed by atoms with E-state index in [0.717, 1.165) is 38.2 Å². The lowest BCUT2D eigenvalue weighted by molar-refractivity contribution is 0.0586. The maximum atomic E-state index is 5.58. The van der Waals surface area contributed by atoms with Crippen molar-refractivity contribution in [1.29, 1.82) is 0 Å². The Morgan fingerprint density at radius 3 is 3.05 bits per heavy atom. The zero-order valence-electron chi connectivity index (χ0n) is 12.5. The number of likely N-dealkylation sites (N-methyl/N-ethyl adjacent to an activating group) is 1. The SMILES string of the molecule is CNC(CCc1ccc2c(c1)CCO2)COCCOC. The van der Waals surface area contributed by atoms with Crippen LogP contribution in [0.15, 0.2) is 18.2 Å². The lowest BCUT2D eigenvalue weighted by atomic mass is 10.0. The lowest BCUT2D eigenvalue weighted by Crippen LogP contribution is -2.31. The van der Waals surface area contributed by atoms with Crippen molar-refractivity contribution in [3.05, 3.63) is 29.3 Å². The van der Waals surface area contributed by atoms with Crippen LogP contribution in [0.2, 0.25) is 0 Å². The van der Waals surface area contributed by atoms with Gasteiger partial charge in [0.2, 0.25) is 0 Å². The van der Waals surface area contributed by atoms with E-state index >= 15 is 0 Å². The van der Waals surface area contributed by atoms with Gasteiger partial charge in [0.05, 0.1) is 26.4 Å². The van der Waals surface area contributed by atoms with Crippen LogP contribution >= 0.6 is 0 Å². The predicted octanol–water partition coefficient (Wildman–Crippen LogP) is 1.81. The first-order valence-electron chi connectivity index (χ1n) is 7.32. The molecule has 1 heterocycles. The van der Waals surface area contributed by atoms with Crippen molar-refractivity contribution < 1.29 is 14.2 Å². The average molecular weight is 279 g/mol. The van der Waals surface area contributed by atoms with Crippen LogP contribution in [0.1, 0.15) is 17.5 Å². The second kappa shape index (κ2) is 8.25. The van der Waals surface area contributed by atoms with Gasteiger partial charge in [-0.05, 0) is 37.1 Å². The molecule has 4 heteroatoms. The monoisotopic (exact) mass is 279 g/mol. The van der Waals surface area contributed by atoms with Gasteiger partial charge in [0, 0.05) is 19.6 Å². The number of aryl methyl sites for hydroxylation is 1. The Morgan fingerprint density at radius 2 is 2.25 bits per heavy atom. The highest BCUT2D eigenvalue weighted by atomic mass is 16.5. The summed E-state index contributed by atoms with van der Waals surface area (Å²) in [4.78, 5) is 0. The van der Waals surface area contributed by atoms with Crippen LogP contribution in [-0.4, -0.2) is 46.6 Å². The summed E-state index contributed by atoms with van der Waals surface area (Å²) < 4.78 is 16.1. The van der Waals surface area contributed by atoms with E-state index in [1.165, 1.54) is 11.1 Å². The molecule has 0 bridgehead atoms. The highest BCUT2D eigenvalue weighted by molar-refractivity contribution is 5.39. The molecule has 1 aliphatic rings. The summed E-state index contributed by atoms with van der Waals surface area (Å²) in [5, 5.41) is 3.31. The summed E-state index contributed by atoms with van der Waals surface area (Å²) in [5.41, 5.74) is 2.73. The molecule has 20 heavy (non-hydrogen) atoms. The number of nitrogens with one attached hydrogen (secondary N) is 1. The minimum atomic E-state index is 0.386. The van der Waals surface area contributed by atoms with Crippen LogP contribution < -0.4 is 10.1 Å². The highest BCUT2D eigenvalue weighted by Gasteiger charge is 2.13. The smallest absolute Gasteiger partial charge is 0.122 e. The van der Waals surface area contributed by atoms with E-state index in [0.29, 0.717) is 19.3 Å². The van der Waals surface area contributed by atoms with Crippen molar-refractivity contribution in [3.63, 3.8) is 0 Å². The molecule has 1 aromatic rings. The van der Waals surface area contributed by atoms with Gasteiger partial charge in [-0.2, -0.15) is 0 Å². The van der Waals surface area contributed by atoms with Crippen molar-refractivity contribution >= 4 is 0 Å². The fourth-order valence-electron chi connectivity index (χ4n) is 2.42. The van der Waals surface area contributed by atoms with Gasteiger partial charge in [0.15, 0.2) is 0 Å². The molecule has 1 aromatic carbocycles. The topological polar surface area (TPSA) is 39.7 Å². The molecule has 1 aliphatic heterocycles. The van der Waals surface area contributed by atoms with Crippen LogP contribution in [0.4, 0.5) is 0 Å². The van der Waals surface area contributed by atoms with E-state index in [4.69, 9.17) is 14.2 Å². The predicted molar refractivity (Wildman–Crippen MR) is 79.5 cm³/mol. The normalized spacial score (nSPS) is 14.9. The van der Waals surface area contributed by atoms with E-state index in [-0.39, 0.29) is 0 Å². The van der Waals surface area contributed by atoms with Gasteiger partial charge in [-0.15, -0.1) is 0 Å². The first kappa shape index (κ1) is 15.3. The van der Waals surface area contributed by atoms with Crippen molar-refractivity contribution in [3.8, 4) is 5.75 Å². The van der Waals surface area contributed by atoms with E-state index in [1.807, 2.05) is 7.05 Å². The molecule has 0 aliphatic carbocycles. The summed E-state index contributed by atoms with van der Waals surface area (Å²) in [6, 6.07) is 6.93. The maximum Gasteiger partial charge on any atom is 0.122 e. The van der Waals surface area contributed by atoms with Gasteiger partial charge in [-0.3, -0.25) is 0 Å². The molecule has 1 atom stereocenters. The largest absolute Gasteiger partial charge is 0.493 e. The summed E-state index contributed by atoms with van der Waals surface area (Å²) >= 11 is 0. The molecule has 0 saturated carbocycles. The number of fused-ring (bicyclic) bond motifs is 1. The molecule has 2 rings (SSSR count). The molecule has 0 amide bonds. The molecule has 1 unspecified atom stereocenters. The number of hydrogen-bond donors (Lipinski definition) is 1. The molecule has 0 fully saturated rings. The first-order chi connectivity index (χ1) is 9.83. The Balaban J connectivity index is 1.75. The van der Waals surface area contributed by atoms with Crippen LogP contribution in [0.25, 0.3) is 0 Å². The molecule has 0 aromatic heterocycles. The standard InChI is InChI=1S/C16H25NO3/c1-17-15(12-19-10-9-18-2)5-3-13-4-6-16-14(11-13)7-8-20-16/h4,6,11,15,17H,3,5,7-10,12H2,1-2H3. The molecule has 0 spiro atoms. The summed E-state index contributed by atoms with van der Waals surface area (Å²) in [7, 11) is 3.68. The van der Waals surface area contributed by atoms with Gasteiger partial charge in [-0.25, -0.2) is 0 Å². The lowest BCUT2D eigenvalue weighted by Gasteiger charge is -2.16. The van der Waals surface area contributed by atoms with Crippen LogP contribution in [0.3, 0.4) is 0 Å². The van der Waals surface area contributed by atoms with Crippen molar-refractivity contribution in [1.82, 2.24) is 5.32 Å². The minimum Gasteiger partial charge on any atom is -0.493 e. The quantitative estimate of drug-likeness (QED) is 0.700. The Labute approximate surface area is 121 Å². The molecule has 4 nitrogen and oxygen atoms in total. The van der Waals surface area contributed by atoms with Crippen LogP contribution in [-0.2, 0) is 22.3 Å². The number of rotatable bonds is 9. The van der Waals surface area contributed by atoms with Crippen LogP contribution in [0, 0.1) is 0 Å². The van der Waals surface area contributed by atoms with Crippen molar-refractivity contribution in [2.75, 3.05) is 40.6 Å². The molecular formula is C16H25NO3. The van der Waals surface area contributed by atoms with E-state index in [2.05, 4.69) is 23.5 Å². The summed E-state index contributed by atoms with van der Waals surface area (Å²) in [6.45, 7) is 2.87. The fourth-order valence-corrected chi connectivity index (χ4v) is 2.42. The summed E-state index contributed by atoms with van der Waals surface area (Å²) in [6.07, 6.45) is 3.17. The molecule has 0 radical (unpaired) electrons. The van der Waals surface area contributed by atoms with Gasteiger partial charge in [0.25, 0.3) is 0 Å². The zero-order valence-corrected chi connectivity index (χ0v) is 12.5. The van der Waals surface area contributed by atoms with Gasteiger partial charge in [-0.1, -0.05) is 12.1 Å². The fraction of sp³-hybridized carbons (Fsp3) is 0.625. The highest BCUT2D eigenvalue weighted by Crippen LogP contribution is 2.26. The Bertz CT molecular complexity index is 409. The van der Waals surface area contributed by atoms with E-state index in [9.17, 15) is 0 Å². The third-order valence-electron chi connectivity index (χ3n) is 3.69. The second-order valence-corrected chi connectivity index (χ2v) is 5.13. The molecular weight excluding hydrogens is 254 g/mol. The second-order valence-electron chi connectivity index (χ2n) is 5.13. The third-order valence-corrected chi connectivity index (χ3v) is 3.69. The number of ether oxygens (including phenoxy) is 3. The third kappa shape index (κ3) is 4.47. The van der Waals surface area contributed by atoms with Crippen molar-refractivity contribution in [2.24, 2.45) is 0 Å². The van der Waals surface area contributed by atoms with E-state index < -0.39 is 0 Å². The van der Waals surface area contributed by atoms with Crippen molar-refractivity contribution in [2.45, 2.75) is 25.3 Å². The number of methoxy groups -OCH3 is 1. The van der Waals surface area contributed by atoms with E-state index in [1.54, 1.807) is 7.11 Å². The first-order valence-corrected chi connectivity index (χ1v) is 7.32. The van der Waals surface area contributed by atoms with Crippen LogP contribution in [0.5, 0.6) is 5.75 Å². The minimum absolute atomic E-state index is 0.386. The Morgan fingerprint density at radius 1 is 1.35 bits per heavy atom.